The van der Waals surface area contributed by atoms with Crippen molar-refractivity contribution in [3.8, 4) is 11.8 Å². The summed E-state index contributed by atoms with van der Waals surface area (Å²) in [5.74, 6) is 4.30. The van der Waals surface area contributed by atoms with Crippen LogP contribution in [0.1, 0.15) is 48.0 Å². The highest BCUT2D eigenvalue weighted by Gasteiger charge is 2.17. The van der Waals surface area contributed by atoms with Crippen LogP contribution in [-0.2, 0) is 0 Å². The predicted molar refractivity (Wildman–Crippen MR) is 79.4 cm³/mol. The van der Waals surface area contributed by atoms with E-state index in [0.717, 1.165) is 38.8 Å². The van der Waals surface area contributed by atoms with Gasteiger partial charge in [-0.25, -0.2) is 4.39 Å². The summed E-state index contributed by atoms with van der Waals surface area (Å²) >= 11 is 0. The number of rotatable bonds is 1. The van der Waals surface area contributed by atoms with Crippen molar-refractivity contribution < 1.29 is 14.3 Å². The minimum atomic E-state index is -0.520. The van der Waals surface area contributed by atoms with Crippen molar-refractivity contribution in [1.82, 2.24) is 4.90 Å². The van der Waals surface area contributed by atoms with E-state index in [2.05, 4.69) is 11.8 Å². The predicted octanol–water partition coefficient (Wildman–Crippen LogP) is 2.58. The summed E-state index contributed by atoms with van der Waals surface area (Å²) < 4.78 is 13.9. The Hall–Kier alpha value is -1.86. The number of carbonyl (C=O) groups is 1. The molecule has 0 bridgehead atoms. The minimum absolute atomic E-state index is 0.113. The molecule has 0 atom stereocenters. The highest BCUT2D eigenvalue weighted by molar-refractivity contribution is 5.94. The zero-order valence-corrected chi connectivity index (χ0v) is 12.1. The van der Waals surface area contributed by atoms with Crippen molar-refractivity contribution in [3.63, 3.8) is 0 Å². The van der Waals surface area contributed by atoms with Crippen LogP contribution in [0.4, 0.5) is 4.39 Å². The van der Waals surface area contributed by atoms with Crippen LogP contribution in [-0.4, -0.2) is 35.6 Å². The maximum atomic E-state index is 13.9. The molecule has 0 radical (unpaired) electrons. The molecule has 1 aliphatic heterocycles. The molecule has 1 fully saturated rings. The van der Waals surface area contributed by atoms with Gasteiger partial charge in [-0.15, -0.1) is 0 Å². The Balaban J connectivity index is 2.12. The summed E-state index contributed by atoms with van der Waals surface area (Å²) in [7, 11) is 0. The highest BCUT2D eigenvalue weighted by atomic mass is 19.1. The lowest BCUT2D eigenvalue weighted by molar-refractivity contribution is 0.0742. The first kappa shape index (κ1) is 15.5. The maximum Gasteiger partial charge on any atom is 0.253 e. The average molecular weight is 289 g/mol. The van der Waals surface area contributed by atoms with Gasteiger partial charge in [-0.05, 0) is 31.0 Å². The number of halogens is 1. The third-order valence-electron chi connectivity index (χ3n) is 3.66. The molecule has 0 aromatic heterocycles. The van der Waals surface area contributed by atoms with Crippen LogP contribution >= 0.6 is 0 Å². The van der Waals surface area contributed by atoms with Crippen molar-refractivity contribution in [2.45, 2.75) is 32.1 Å². The normalized spacial score (nSPS) is 15.6. The molecule has 0 spiro atoms. The van der Waals surface area contributed by atoms with Crippen LogP contribution < -0.4 is 0 Å². The molecule has 1 N–H and O–H groups in total. The average Bonchev–Trinajstić information content (AvgIpc) is 2.45. The number of benzene rings is 1. The molecular weight excluding hydrogens is 269 g/mol. The third-order valence-corrected chi connectivity index (χ3v) is 3.66. The SMILES string of the molecule is O=C(c1ccc(C#CCO)c(F)c1)N1CCCCCCC1. The Morgan fingerprint density at radius 1 is 1.19 bits per heavy atom. The van der Waals surface area contributed by atoms with E-state index in [4.69, 9.17) is 5.11 Å². The second-order valence-corrected chi connectivity index (χ2v) is 5.21. The van der Waals surface area contributed by atoms with Crippen LogP contribution in [0.15, 0.2) is 18.2 Å². The van der Waals surface area contributed by atoms with Crippen LogP contribution in [0, 0.1) is 17.7 Å². The van der Waals surface area contributed by atoms with E-state index in [1.165, 1.54) is 18.6 Å². The highest BCUT2D eigenvalue weighted by Crippen LogP contribution is 2.15. The van der Waals surface area contributed by atoms with Gasteiger partial charge < -0.3 is 10.0 Å². The van der Waals surface area contributed by atoms with Crippen molar-refractivity contribution in [1.29, 1.82) is 0 Å². The van der Waals surface area contributed by atoms with E-state index in [1.54, 1.807) is 6.07 Å². The first-order valence-corrected chi connectivity index (χ1v) is 7.41. The molecule has 1 aromatic rings. The number of amides is 1. The van der Waals surface area contributed by atoms with Crippen molar-refractivity contribution in [2.24, 2.45) is 0 Å². The summed E-state index contributed by atoms with van der Waals surface area (Å²) in [5, 5.41) is 8.62. The second kappa shape index (κ2) is 7.80. The van der Waals surface area contributed by atoms with Gasteiger partial charge in [0, 0.05) is 18.7 Å². The van der Waals surface area contributed by atoms with Gasteiger partial charge in [0.05, 0.1) is 5.56 Å². The van der Waals surface area contributed by atoms with Gasteiger partial charge in [-0.2, -0.15) is 0 Å². The molecule has 112 valence electrons. The van der Waals surface area contributed by atoms with Crippen molar-refractivity contribution in [2.75, 3.05) is 19.7 Å². The fourth-order valence-electron chi connectivity index (χ4n) is 2.52. The lowest BCUT2D eigenvalue weighted by atomic mass is 10.1. The molecule has 1 heterocycles. The molecule has 1 aliphatic rings. The Morgan fingerprint density at radius 2 is 1.86 bits per heavy atom. The maximum absolute atomic E-state index is 13.9. The van der Waals surface area contributed by atoms with Gasteiger partial charge in [0.15, 0.2) is 0 Å². The number of hydrogen-bond donors (Lipinski definition) is 1. The number of nitrogens with zero attached hydrogens (tertiary/aromatic N) is 1. The summed E-state index contributed by atoms with van der Waals surface area (Å²) in [6, 6.07) is 4.34. The van der Waals surface area contributed by atoms with Crippen LogP contribution in [0.5, 0.6) is 0 Å². The fraction of sp³-hybridized carbons (Fsp3) is 0.471. The van der Waals surface area contributed by atoms with E-state index in [9.17, 15) is 9.18 Å². The zero-order valence-electron chi connectivity index (χ0n) is 12.1. The van der Waals surface area contributed by atoms with Crippen LogP contribution in [0.25, 0.3) is 0 Å². The first-order valence-electron chi connectivity index (χ1n) is 7.41. The number of carbonyl (C=O) groups excluding carboxylic acids is 1. The zero-order chi connectivity index (χ0) is 15.1. The summed E-state index contributed by atoms with van der Waals surface area (Å²) in [4.78, 5) is 14.2. The number of hydrogen-bond acceptors (Lipinski definition) is 2. The van der Waals surface area contributed by atoms with Crippen LogP contribution in [0.3, 0.4) is 0 Å². The molecule has 1 aromatic carbocycles. The summed E-state index contributed by atoms with van der Waals surface area (Å²) in [6.45, 7) is 1.17. The monoisotopic (exact) mass is 289 g/mol. The van der Waals surface area contributed by atoms with Crippen molar-refractivity contribution >= 4 is 5.91 Å². The van der Waals surface area contributed by atoms with E-state index in [-0.39, 0.29) is 18.1 Å². The Morgan fingerprint density at radius 3 is 2.48 bits per heavy atom. The first-order chi connectivity index (χ1) is 10.2. The largest absolute Gasteiger partial charge is 0.384 e. The lowest BCUT2D eigenvalue weighted by Gasteiger charge is -2.24. The van der Waals surface area contributed by atoms with E-state index >= 15 is 0 Å². The molecule has 21 heavy (non-hydrogen) atoms. The second-order valence-electron chi connectivity index (χ2n) is 5.21. The molecule has 4 heteroatoms. The smallest absolute Gasteiger partial charge is 0.253 e. The van der Waals surface area contributed by atoms with E-state index in [1.807, 2.05) is 4.90 Å². The number of aliphatic hydroxyl groups excluding tert-OH is 1. The topological polar surface area (TPSA) is 40.5 Å². The van der Waals surface area contributed by atoms with E-state index < -0.39 is 5.82 Å². The fourth-order valence-corrected chi connectivity index (χ4v) is 2.52. The minimum Gasteiger partial charge on any atom is -0.384 e. The molecule has 0 unspecified atom stereocenters. The molecule has 1 saturated heterocycles. The molecule has 0 saturated carbocycles. The number of likely N-dealkylation sites (tertiary alicyclic amines) is 1. The van der Waals surface area contributed by atoms with Gasteiger partial charge in [0.1, 0.15) is 12.4 Å². The Kier molecular flexibility index (Phi) is 5.77. The van der Waals surface area contributed by atoms with Crippen LogP contribution in [0.2, 0.25) is 0 Å². The summed E-state index contributed by atoms with van der Waals surface area (Å²) in [5.41, 5.74) is 0.566. The van der Waals surface area contributed by atoms with E-state index in [0.29, 0.717) is 5.56 Å². The van der Waals surface area contributed by atoms with Gasteiger partial charge in [0.25, 0.3) is 5.91 Å². The molecule has 2 rings (SSSR count). The number of aliphatic hydroxyl groups is 1. The molecular formula is C17H20FNO2. The van der Waals surface area contributed by atoms with Gasteiger partial charge in [-0.1, -0.05) is 31.1 Å². The Labute approximate surface area is 124 Å². The molecule has 3 nitrogen and oxygen atoms in total. The lowest BCUT2D eigenvalue weighted by Crippen LogP contribution is -2.33. The third kappa shape index (κ3) is 4.30. The Bertz CT molecular complexity index is 552. The van der Waals surface area contributed by atoms with Gasteiger partial charge in [0.2, 0.25) is 0 Å². The molecule has 0 aliphatic carbocycles. The standard InChI is InChI=1S/C17H20FNO2/c18-16-13-15(9-8-14(16)7-6-12-20)17(21)19-10-4-2-1-3-5-11-19/h8-9,13,20H,1-5,10-12H2. The van der Waals surface area contributed by atoms with Crippen molar-refractivity contribution in [3.05, 3.63) is 35.1 Å². The molecule has 1 amide bonds. The quantitative estimate of drug-likeness (QED) is 0.807. The van der Waals surface area contributed by atoms with Gasteiger partial charge >= 0.3 is 0 Å². The van der Waals surface area contributed by atoms with Gasteiger partial charge in [-0.3, -0.25) is 4.79 Å². The summed E-state index contributed by atoms with van der Waals surface area (Å²) in [6.07, 6.45) is 5.54.